The van der Waals surface area contributed by atoms with Gasteiger partial charge in [0.1, 0.15) is 5.82 Å². The highest BCUT2D eigenvalue weighted by atomic mass is 16.5. The van der Waals surface area contributed by atoms with E-state index in [-0.39, 0.29) is 5.91 Å². The van der Waals surface area contributed by atoms with Gasteiger partial charge in [-0.15, -0.1) is 0 Å². The van der Waals surface area contributed by atoms with Crippen molar-refractivity contribution in [2.24, 2.45) is 0 Å². The monoisotopic (exact) mass is 355 g/mol. The number of aryl methyl sites for hydroxylation is 1. The molecule has 0 saturated carbocycles. The third kappa shape index (κ3) is 4.92. The Morgan fingerprint density at radius 2 is 1.85 bits per heavy atom. The van der Waals surface area contributed by atoms with Crippen LogP contribution < -0.4 is 15.5 Å². The van der Waals surface area contributed by atoms with Crippen LogP contribution in [0.4, 0.5) is 23.1 Å². The first kappa shape index (κ1) is 18.1. The molecule has 2 N–H and O–H groups in total. The molecule has 3 rings (SSSR count). The van der Waals surface area contributed by atoms with E-state index in [0.717, 1.165) is 48.3 Å². The van der Waals surface area contributed by atoms with Crippen molar-refractivity contribution in [2.75, 3.05) is 41.8 Å². The fourth-order valence-electron chi connectivity index (χ4n) is 2.76. The van der Waals surface area contributed by atoms with E-state index in [1.54, 1.807) is 0 Å². The lowest BCUT2D eigenvalue weighted by Gasteiger charge is -2.27. The first-order valence-electron chi connectivity index (χ1n) is 8.99. The number of carbonyl (C=O) groups is 1. The minimum absolute atomic E-state index is 0.0368. The van der Waals surface area contributed by atoms with Crippen LogP contribution in [0, 0.1) is 6.92 Å². The topological polar surface area (TPSA) is 79.4 Å². The summed E-state index contributed by atoms with van der Waals surface area (Å²) in [6, 6.07) is 9.53. The van der Waals surface area contributed by atoms with Gasteiger partial charge in [-0.25, -0.2) is 4.98 Å². The van der Waals surface area contributed by atoms with Crippen LogP contribution in [0.2, 0.25) is 0 Å². The van der Waals surface area contributed by atoms with Gasteiger partial charge in [-0.2, -0.15) is 4.98 Å². The SMILES string of the molecule is CCCC(=O)Nc1ccc(Nc2cc(C)nc(N3CCOCC3)n2)cc1. The van der Waals surface area contributed by atoms with Crippen molar-refractivity contribution in [1.29, 1.82) is 0 Å². The molecule has 138 valence electrons. The number of amides is 1. The molecule has 1 aromatic heterocycles. The van der Waals surface area contributed by atoms with E-state index in [9.17, 15) is 4.79 Å². The molecule has 0 unspecified atom stereocenters. The van der Waals surface area contributed by atoms with E-state index in [4.69, 9.17) is 4.74 Å². The number of aromatic nitrogens is 2. The number of nitrogens with zero attached hydrogens (tertiary/aromatic N) is 3. The summed E-state index contributed by atoms with van der Waals surface area (Å²) in [6.45, 7) is 6.95. The molecule has 1 aliphatic rings. The maximum Gasteiger partial charge on any atom is 0.227 e. The molecule has 0 atom stereocenters. The summed E-state index contributed by atoms with van der Waals surface area (Å²) in [5, 5.41) is 6.19. The van der Waals surface area contributed by atoms with Crippen LogP contribution in [0.1, 0.15) is 25.5 Å². The van der Waals surface area contributed by atoms with E-state index in [1.165, 1.54) is 0 Å². The molecule has 1 aromatic carbocycles. The molecule has 2 heterocycles. The third-order valence-electron chi connectivity index (χ3n) is 4.05. The van der Waals surface area contributed by atoms with Crippen LogP contribution in [0.5, 0.6) is 0 Å². The Morgan fingerprint density at radius 1 is 1.15 bits per heavy atom. The summed E-state index contributed by atoms with van der Waals surface area (Å²) in [5.41, 5.74) is 2.61. The number of anilines is 4. The highest BCUT2D eigenvalue weighted by Crippen LogP contribution is 2.21. The Morgan fingerprint density at radius 3 is 2.54 bits per heavy atom. The zero-order chi connectivity index (χ0) is 18.4. The average Bonchev–Trinajstić information content (AvgIpc) is 2.64. The molecule has 0 spiro atoms. The lowest BCUT2D eigenvalue weighted by Crippen LogP contribution is -2.37. The van der Waals surface area contributed by atoms with Gasteiger partial charge in [-0.3, -0.25) is 4.79 Å². The van der Waals surface area contributed by atoms with Crippen LogP contribution >= 0.6 is 0 Å². The van der Waals surface area contributed by atoms with Crippen LogP contribution in [0.15, 0.2) is 30.3 Å². The minimum Gasteiger partial charge on any atom is -0.378 e. The largest absolute Gasteiger partial charge is 0.378 e. The first-order valence-corrected chi connectivity index (χ1v) is 8.99. The van der Waals surface area contributed by atoms with E-state index in [0.29, 0.717) is 19.6 Å². The molecule has 1 saturated heterocycles. The first-order chi connectivity index (χ1) is 12.6. The normalized spacial score (nSPS) is 14.2. The zero-order valence-corrected chi connectivity index (χ0v) is 15.3. The predicted molar refractivity (Wildman–Crippen MR) is 103 cm³/mol. The second-order valence-electron chi connectivity index (χ2n) is 6.29. The summed E-state index contributed by atoms with van der Waals surface area (Å²) < 4.78 is 5.39. The van der Waals surface area contributed by atoms with Crippen LogP contribution in [0.3, 0.4) is 0 Å². The van der Waals surface area contributed by atoms with Gasteiger partial charge in [0.15, 0.2) is 0 Å². The third-order valence-corrected chi connectivity index (χ3v) is 4.05. The van der Waals surface area contributed by atoms with Gasteiger partial charge in [0.05, 0.1) is 13.2 Å². The number of carbonyl (C=O) groups excluding carboxylic acids is 1. The Bertz CT molecular complexity index is 742. The van der Waals surface area contributed by atoms with Gasteiger partial charge in [0.2, 0.25) is 11.9 Å². The molecule has 0 radical (unpaired) electrons. The van der Waals surface area contributed by atoms with Crippen molar-refractivity contribution in [1.82, 2.24) is 9.97 Å². The number of ether oxygens (including phenoxy) is 1. The lowest BCUT2D eigenvalue weighted by molar-refractivity contribution is -0.116. The summed E-state index contributed by atoms with van der Waals surface area (Å²) in [6.07, 6.45) is 1.37. The Labute approximate surface area is 153 Å². The van der Waals surface area contributed by atoms with Crippen molar-refractivity contribution in [3.8, 4) is 0 Å². The van der Waals surface area contributed by atoms with Gasteiger partial charge in [-0.1, -0.05) is 6.92 Å². The van der Waals surface area contributed by atoms with Crippen molar-refractivity contribution in [3.63, 3.8) is 0 Å². The minimum atomic E-state index is 0.0368. The summed E-state index contributed by atoms with van der Waals surface area (Å²) in [5.74, 6) is 1.51. The van der Waals surface area contributed by atoms with Gasteiger partial charge in [0, 0.05) is 42.6 Å². The van der Waals surface area contributed by atoms with Crippen molar-refractivity contribution in [3.05, 3.63) is 36.0 Å². The summed E-state index contributed by atoms with van der Waals surface area (Å²) >= 11 is 0. The molecular weight excluding hydrogens is 330 g/mol. The smallest absolute Gasteiger partial charge is 0.227 e. The molecule has 26 heavy (non-hydrogen) atoms. The number of hydrogen-bond donors (Lipinski definition) is 2. The number of nitrogens with one attached hydrogen (secondary N) is 2. The highest BCUT2D eigenvalue weighted by molar-refractivity contribution is 5.90. The van der Waals surface area contributed by atoms with Gasteiger partial charge in [0.25, 0.3) is 0 Å². The Balaban J connectivity index is 1.68. The van der Waals surface area contributed by atoms with Crippen LogP contribution in [-0.2, 0) is 9.53 Å². The predicted octanol–water partition coefficient (Wildman–Crippen LogP) is 3.10. The van der Waals surface area contributed by atoms with Crippen LogP contribution in [0.25, 0.3) is 0 Å². The van der Waals surface area contributed by atoms with Gasteiger partial charge >= 0.3 is 0 Å². The molecule has 7 nitrogen and oxygen atoms in total. The standard InChI is InChI=1S/C19H25N5O2/c1-3-4-18(25)22-16-7-5-15(6-8-16)21-17-13-14(2)20-19(23-17)24-9-11-26-12-10-24/h5-8,13H,3-4,9-12H2,1-2H3,(H,22,25)(H,20,21,23). The van der Waals surface area contributed by atoms with Gasteiger partial charge < -0.3 is 20.3 Å². The van der Waals surface area contributed by atoms with Crippen LogP contribution in [-0.4, -0.2) is 42.2 Å². The van der Waals surface area contributed by atoms with E-state index in [1.807, 2.05) is 44.2 Å². The molecule has 0 bridgehead atoms. The Hall–Kier alpha value is -2.67. The molecule has 1 amide bonds. The van der Waals surface area contributed by atoms with E-state index >= 15 is 0 Å². The molecular formula is C19H25N5O2. The summed E-state index contributed by atoms with van der Waals surface area (Å²) in [4.78, 5) is 23.0. The Kier molecular flexibility index (Phi) is 6.01. The lowest BCUT2D eigenvalue weighted by atomic mass is 10.2. The second-order valence-corrected chi connectivity index (χ2v) is 6.29. The molecule has 7 heteroatoms. The van der Waals surface area contributed by atoms with Crippen molar-refractivity contribution < 1.29 is 9.53 Å². The number of hydrogen-bond acceptors (Lipinski definition) is 6. The maximum absolute atomic E-state index is 11.7. The van der Waals surface area contributed by atoms with E-state index in [2.05, 4.69) is 25.5 Å². The molecule has 1 fully saturated rings. The quantitative estimate of drug-likeness (QED) is 0.829. The van der Waals surface area contributed by atoms with Crippen molar-refractivity contribution in [2.45, 2.75) is 26.7 Å². The summed E-state index contributed by atoms with van der Waals surface area (Å²) in [7, 11) is 0. The molecule has 0 aliphatic carbocycles. The van der Waals surface area contributed by atoms with Gasteiger partial charge in [-0.05, 0) is 37.6 Å². The average molecular weight is 355 g/mol. The molecule has 2 aromatic rings. The number of rotatable bonds is 6. The second kappa shape index (κ2) is 8.62. The molecule has 1 aliphatic heterocycles. The number of morpholine rings is 1. The zero-order valence-electron chi connectivity index (χ0n) is 15.3. The maximum atomic E-state index is 11.7. The fourth-order valence-corrected chi connectivity index (χ4v) is 2.76. The fraction of sp³-hybridized carbons (Fsp3) is 0.421. The van der Waals surface area contributed by atoms with E-state index < -0.39 is 0 Å². The van der Waals surface area contributed by atoms with Crippen molar-refractivity contribution >= 4 is 29.0 Å². The highest BCUT2D eigenvalue weighted by Gasteiger charge is 2.15. The number of benzene rings is 1.